The van der Waals surface area contributed by atoms with E-state index in [1.54, 1.807) is 32.4 Å². The van der Waals surface area contributed by atoms with Gasteiger partial charge < -0.3 is 20.9 Å². The summed E-state index contributed by atoms with van der Waals surface area (Å²) in [6.45, 7) is 0. The van der Waals surface area contributed by atoms with E-state index >= 15 is 0 Å². The van der Waals surface area contributed by atoms with Gasteiger partial charge in [0.1, 0.15) is 11.5 Å². The second-order valence-electron chi connectivity index (χ2n) is 2.88. The molecule has 16 heavy (non-hydrogen) atoms. The second-order valence-corrected chi connectivity index (χ2v) is 2.88. The van der Waals surface area contributed by atoms with Gasteiger partial charge in [-0.15, -0.1) is 5.10 Å². The van der Waals surface area contributed by atoms with Crippen LogP contribution >= 0.6 is 0 Å². The molecule has 1 aromatic rings. The lowest BCUT2D eigenvalue weighted by molar-refractivity contribution is 0.402. The first-order valence-electron chi connectivity index (χ1n) is 4.51. The van der Waals surface area contributed by atoms with Crippen LogP contribution in [0.4, 0.5) is 0 Å². The molecule has 4 N–H and O–H groups in total. The van der Waals surface area contributed by atoms with E-state index in [0.717, 1.165) is 5.56 Å². The van der Waals surface area contributed by atoms with Crippen molar-refractivity contribution < 1.29 is 9.47 Å². The first-order chi connectivity index (χ1) is 7.67. The Kier molecular flexibility index (Phi) is 4.14. The summed E-state index contributed by atoms with van der Waals surface area (Å²) < 4.78 is 10.2. The van der Waals surface area contributed by atoms with E-state index in [9.17, 15) is 0 Å². The molecule has 0 aliphatic rings. The van der Waals surface area contributed by atoms with Crippen LogP contribution in [0.25, 0.3) is 0 Å². The number of hydrogen-bond donors (Lipinski definition) is 2. The summed E-state index contributed by atoms with van der Waals surface area (Å²) in [5.74, 6) is 1.26. The lowest BCUT2D eigenvalue weighted by Gasteiger charge is -2.06. The van der Waals surface area contributed by atoms with Crippen LogP contribution in [0.3, 0.4) is 0 Å². The standard InChI is InChI=1S/C10H14N4O2/c1-15-8-3-4-9(16-2)7(5-8)6-13-14-10(11)12/h3-6H,1-2H3,(H4,11,12,14)/b13-6+. The SMILES string of the molecule is COc1ccc(OC)c(/C=N/N=C(N)N)c1. The monoisotopic (exact) mass is 222 g/mol. The molecular formula is C10H14N4O2. The fourth-order valence-electron chi connectivity index (χ4n) is 1.10. The van der Waals surface area contributed by atoms with Crippen LogP contribution in [0.1, 0.15) is 5.56 Å². The third-order valence-electron chi connectivity index (χ3n) is 1.81. The topological polar surface area (TPSA) is 95.2 Å². The van der Waals surface area contributed by atoms with Crippen molar-refractivity contribution in [1.82, 2.24) is 0 Å². The molecule has 0 radical (unpaired) electrons. The van der Waals surface area contributed by atoms with Gasteiger partial charge in [-0.1, -0.05) is 0 Å². The molecule has 0 fully saturated rings. The summed E-state index contributed by atoms with van der Waals surface area (Å²) in [5.41, 5.74) is 11.0. The molecule has 0 saturated carbocycles. The number of hydrogen-bond acceptors (Lipinski definition) is 4. The number of methoxy groups -OCH3 is 2. The molecule has 0 spiro atoms. The summed E-state index contributed by atoms with van der Waals surface area (Å²) in [5, 5.41) is 7.20. The molecule has 0 bridgehead atoms. The van der Waals surface area contributed by atoms with E-state index in [2.05, 4.69) is 10.2 Å². The molecule has 6 nitrogen and oxygen atoms in total. The number of ether oxygens (including phenoxy) is 2. The normalized spacial score (nSPS) is 10.1. The number of nitrogens with two attached hydrogens (primary N) is 2. The molecule has 86 valence electrons. The van der Waals surface area contributed by atoms with Crippen molar-refractivity contribution in [1.29, 1.82) is 0 Å². The van der Waals surface area contributed by atoms with E-state index < -0.39 is 0 Å². The molecule has 0 heterocycles. The summed E-state index contributed by atoms with van der Waals surface area (Å²) in [7, 11) is 3.15. The predicted octanol–water partition coefficient (Wildman–Crippen LogP) is 0.311. The third kappa shape index (κ3) is 3.16. The van der Waals surface area contributed by atoms with Gasteiger partial charge in [-0.2, -0.15) is 5.10 Å². The van der Waals surface area contributed by atoms with Crippen molar-refractivity contribution >= 4 is 12.2 Å². The second kappa shape index (κ2) is 5.59. The molecule has 0 saturated heterocycles. The molecular weight excluding hydrogens is 208 g/mol. The third-order valence-corrected chi connectivity index (χ3v) is 1.81. The van der Waals surface area contributed by atoms with Crippen molar-refractivity contribution in [2.24, 2.45) is 21.7 Å². The van der Waals surface area contributed by atoms with E-state index in [-0.39, 0.29) is 5.96 Å². The number of benzene rings is 1. The Morgan fingerprint density at radius 3 is 2.56 bits per heavy atom. The van der Waals surface area contributed by atoms with Crippen LogP contribution in [0.5, 0.6) is 11.5 Å². The maximum Gasteiger partial charge on any atom is 0.211 e. The average molecular weight is 222 g/mol. The Balaban J connectivity index is 3.00. The molecule has 6 heteroatoms. The van der Waals surface area contributed by atoms with Crippen molar-refractivity contribution in [3.8, 4) is 11.5 Å². The average Bonchev–Trinajstić information content (AvgIpc) is 2.28. The number of guanidine groups is 1. The number of rotatable bonds is 4. The van der Waals surface area contributed by atoms with Crippen LogP contribution in [0, 0.1) is 0 Å². The van der Waals surface area contributed by atoms with Gasteiger partial charge in [0.2, 0.25) is 5.96 Å². The van der Waals surface area contributed by atoms with Crippen molar-refractivity contribution in [2.75, 3.05) is 14.2 Å². The molecule has 0 atom stereocenters. The van der Waals surface area contributed by atoms with Gasteiger partial charge in [0.05, 0.1) is 20.4 Å². The molecule has 0 aliphatic carbocycles. The zero-order valence-electron chi connectivity index (χ0n) is 9.18. The highest BCUT2D eigenvalue weighted by atomic mass is 16.5. The molecule has 0 aliphatic heterocycles. The van der Waals surface area contributed by atoms with E-state index in [1.807, 2.05) is 0 Å². The molecule has 0 unspecified atom stereocenters. The highest BCUT2D eigenvalue weighted by molar-refractivity contribution is 5.85. The zero-order valence-corrected chi connectivity index (χ0v) is 9.18. The van der Waals surface area contributed by atoms with Gasteiger partial charge in [0, 0.05) is 5.56 Å². The van der Waals surface area contributed by atoms with Crippen LogP contribution in [-0.4, -0.2) is 26.4 Å². The van der Waals surface area contributed by atoms with Crippen molar-refractivity contribution in [3.05, 3.63) is 23.8 Å². The fourth-order valence-corrected chi connectivity index (χ4v) is 1.10. The van der Waals surface area contributed by atoms with Crippen molar-refractivity contribution in [3.63, 3.8) is 0 Å². The minimum Gasteiger partial charge on any atom is -0.497 e. The van der Waals surface area contributed by atoms with Gasteiger partial charge in [-0.05, 0) is 18.2 Å². The quantitative estimate of drug-likeness (QED) is 0.435. The Morgan fingerprint density at radius 2 is 2.00 bits per heavy atom. The zero-order chi connectivity index (χ0) is 12.0. The Labute approximate surface area is 93.6 Å². The van der Waals surface area contributed by atoms with Gasteiger partial charge in [-0.25, -0.2) is 0 Å². The summed E-state index contributed by atoms with van der Waals surface area (Å²) in [4.78, 5) is 0. The van der Waals surface area contributed by atoms with Gasteiger partial charge in [0.25, 0.3) is 0 Å². The van der Waals surface area contributed by atoms with Gasteiger partial charge in [0.15, 0.2) is 0 Å². The maximum absolute atomic E-state index is 5.14. The minimum atomic E-state index is -0.0990. The van der Waals surface area contributed by atoms with Crippen LogP contribution in [0.2, 0.25) is 0 Å². The van der Waals surface area contributed by atoms with Crippen LogP contribution in [-0.2, 0) is 0 Å². The minimum absolute atomic E-state index is 0.0990. The first kappa shape index (κ1) is 11.8. The summed E-state index contributed by atoms with van der Waals surface area (Å²) >= 11 is 0. The largest absolute Gasteiger partial charge is 0.497 e. The molecule has 0 aromatic heterocycles. The van der Waals surface area contributed by atoms with Crippen LogP contribution in [0.15, 0.2) is 28.4 Å². The summed E-state index contributed by atoms with van der Waals surface area (Å²) in [6.07, 6.45) is 1.49. The van der Waals surface area contributed by atoms with E-state index in [4.69, 9.17) is 20.9 Å². The highest BCUT2D eigenvalue weighted by Gasteiger charge is 2.01. The Bertz CT molecular complexity index is 411. The molecule has 1 rings (SSSR count). The van der Waals surface area contributed by atoms with Gasteiger partial charge in [-0.3, -0.25) is 0 Å². The van der Waals surface area contributed by atoms with Crippen molar-refractivity contribution in [2.45, 2.75) is 0 Å². The fraction of sp³-hybridized carbons (Fsp3) is 0.200. The maximum atomic E-state index is 5.14. The predicted molar refractivity (Wildman–Crippen MR) is 62.9 cm³/mol. The van der Waals surface area contributed by atoms with Gasteiger partial charge >= 0.3 is 0 Å². The van der Waals surface area contributed by atoms with Crippen LogP contribution < -0.4 is 20.9 Å². The first-order valence-corrected chi connectivity index (χ1v) is 4.51. The number of nitrogens with zero attached hydrogens (tertiary/aromatic N) is 2. The highest BCUT2D eigenvalue weighted by Crippen LogP contribution is 2.22. The van der Waals surface area contributed by atoms with E-state index in [1.165, 1.54) is 6.21 Å². The molecule has 0 amide bonds. The lowest BCUT2D eigenvalue weighted by atomic mass is 10.2. The smallest absolute Gasteiger partial charge is 0.211 e. The molecule has 1 aromatic carbocycles. The summed E-state index contributed by atoms with van der Waals surface area (Å²) in [6, 6.07) is 5.33. The lowest BCUT2D eigenvalue weighted by Crippen LogP contribution is -2.21. The Morgan fingerprint density at radius 1 is 1.25 bits per heavy atom. The van der Waals surface area contributed by atoms with E-state index in [0.29, 0.717) is 11.5 Å². The Hall–Kier alpha value is -2.24.